The highest BCUT2D eigenvalue weighted by atomic mass is 16.6. The van der Waals surface area contributed by atoms with E-state index in [0.29, 0.717) is 6.61 Å². The van der Waals surface area contributed by atoms with Crippen molar-refractivity contribution in [2.75, 3.05) is 6.61 Å². The largest absolute Gasteiger partial charge is 0.491 e. The summed E-state index contributed by atoms with van der Waals surface area (Å²) in [6, 6.07) is 22.9. The van der Waals surface area contributed by atoms with Crippen molar-refractivity contribution in [2.24, 2.45) is 0 Å². The minimum atomic E-state index is -0.140. The van der Waals surface area contributed by atoms with Crippen molar-refractivity contribution < 1.29 is 14.2 Å². The minimum Gasteiger partial charge on any atom is -0.491 e. The molecule has 0 aromatic heterocycles. The van der Waals surface area contributed by atoms with Gasteiger partial charge in [-0.25, -0.2) is 0 Å². The molecule has 1 saturated heterocycles. The number of benzene rings is 3. The molecule has 156 valence electrons. The molecule has 0 saturated carbocycles. The van der Waals surface area contributed by atoms with E-state index in [4.69, 9.17) is 14.2 Å². The van der Waals surface area contributed by atoms with Crippen LogP contribution in [0.3, 0.4) is 0 Å². The lowest BCUT2D eigenvalue weighted by atomic mass is 9.98. The van der Waals surface area contributed by atoms with Gasteiger partial charge >= 0.3 is 0 Å². The number of hydrogen-bond acceptors (Lipinski definition) is 3. The molecular formula is C27H30O3. The van der Waals surface area contributed by atoms with Gasteiger partial charge < -0.3 is 14.2 Å². The van der Waals surface area contributed by atoms with E-state index in [9.17, 15) is 0 Å². The first-order chi connectivity index (χ1) is 14.5. The lowest BCUT2D eigenvalue weighted by Gasteiger charge is -2.20. The van der Waals surface area contributed by atoms with E-state index in [1.165, 1.54) is 27.8 Å². The predicted molar refractivity (Wildman–Crippen MR) is 120 cm³/mol. The summed E-state index contributed by atoms with van der Waals surface area (Å²) in [7, 11) is 0. The maximum absolute atomic E-state index is 6.47. The highest BCUT2D eigenvalue weighted by Gasteiger charge is 2.38. The van der Waals surface area contributed by atoms with Gasteiger partial charge in [0, 0.05) is 6.42 Å². The lowest BCUT2D eigenvalue weighted by Crippen LogP contribution is -2.32. The van der Waals surface area contributed by atoms with Crippen molar-refractivity contribution in [3.05, 3.63) is 94.5 Å². The predicted octanol–water partition coefficient (Wildman–Crippen LogP) is 6.28. The molecule has 1 aliphatic rings. The van der Waals surface area contributed by atoms with Gasteiger partial charge in [0.15, 0.2) is 0 Å². The van der Waals surface area contributed by atoms with Crippen LogP contribution in [0.2, 0.25) is 0 Å². The highest BCUT2D eigenvalue weighted by molar-refractivity contribution is 5.33. The highest BCUT2D eigenvalue weighted by Crippen LogP contribution is 2.37. The molecule has 0 radical (unpaired) electrons. The van der Waals surface area contributed by atoms with E-state index >= 15 is 0 Å². The van der Waals surface area contributed by atoms with Crippen molar-refractivity contribution in [3.63, 3.8) is 0 Å². The van der Waals surface area contributed by atoms with Crippen molar-refractivity contribution in [1.29, 1.82) is 0 Å². The van der Waals surface area contributed by atoms with Crippen LogP contribution in [0, 0.1) is 27.7 Å². The van der Waals surface area contributed by atoms with Crippen LogP contribution in [0.15, 0.2) is 66.7 Å². The molecule has 1 heterocycles. The Morgan fingerprint density at radius 2 is 1.37 bits per heavy atom. The Morgan fingerprint density at radius 3 is 2.00 bits per heavy atom. The van der Waals surface area contributed by atoms with E-state index < -0.39 is 0 Å². The standard InChI is InChI=1S/C27H30O3/c1-18-5-10-22(11-6-18)28-17-27-26(29-23-12-7-19(2)8-13-23)16-25(30-27)24-14-9-20(3)15-21(24)4/h5-15,25-27H,16-17H2,1-4H3/t25-,26-,27+/m0/s1. The number of hydrogen-bond donors (Lipinski definition) is 0. The Kier molecular flexibility index (Phi) is 6.10. The third kappa shape index (κ3) is 4.85. The average Bonchev–Trinajstić information content (AvgIpc) is 3.11. The van der Waals surface area contributed by atoms with Crippen molar-refractivity contribution in [3.8, 4) is 11.5 Å². The van der Waals surface area contributed by atoms with E-state index in [2.05, 4.69) is 70.2 Å². The van der Waals surface area contributed by atoms with Gasteiger partial charge in [0.2, 0.25) is 0 Å². The Balaban J connectivity index is 1.51. The van der Waals surface area contributed by atoms with Crippen LogP contribution >= 0.6 is 0 Å². The van der Waals surface area contributed by atoms with Crippen molar-refractivity contribution in [2.45, 2.75) is 52.4 Å². The molecule has 0 unspecified atom stereocenters. The number of rotatable bonds is 6. The van der Waals surface area contributed by atoms with Crippen LogP contribution in [0.5, 0.6) is 11.5 Å². The van der Waals surface area contributed by atoms with Crippen LogP contribution in [0.1, 0.15) is 40.3 Å². The summed E-state index contributed by atoms with van der Waals surface area (Å²) in [5.74, 6) is 1.73. The average molecular weight is 403 g/mol. The summed E-state index contributed by atoms with van der Waals surface area (Å²) < 4.78 is 18.9. The second kappa shape index (κ2) is 8.93. The summed E-state index contributed by atoms with van der Waals surface area (Å²) >= 11 is 0. The van der Waals surface area contributed by atoms with Crippen LogP contribution in [0.4, 0.5) is 0 Å². The molecule has 3 heteroatoms. The molecule has 0 spiro atoms. The van der Waals surface area contributed by atoms with Gasteiger partial charge in [0.05, 0.1) is 6.10 Å². The molecule has 3 aromatic carbocycles. The summed E-state index contributed by atoms with van der Waals surface area (Å²) in [6.07, 6.45) is 0.606. The van der Waals surface area contributed by atoms with Crippen molar-refractivity contribution in [1.82, 2.24) is 0 Å². The van der Waals surface area contributed by atoms with E-state index in [1.807, 2.05) is 24.3 Å². The molecule has 0 N–H and O–H groups in total. The first-order valence-corrected chi connectivity index (χ1v) is 10.6. The Labute approximate surface area is 179 Å². The molecule has 4 rings (SSSR count). The van der Waals surface area contributed by atoms with E-state index in [0.717, 1.165) is 17.9 Å². The number of aryl methyl sites for hydroxylation is 4. The summed E-state index contributed by atoms with van der Waals surface area (Å²) in [5.41, 5.74) is 6.19. The summed E-state index contributed by atoms with van der Waals surface area (Å²) in [6.45, 7) is 8.88. The Morgan fingerprint density at radius 1 is 0.767 bits per heavy atom. The Hall–Kier alpha value is -2.78. The molecule has 3 nitrogen and oxygen atoms in total. The van der Waals surface area contributed by atoms with Gasteiger partial charge in [-0.15, -0.1) is 0 Å². The third-order valence-electron chi connectivity index (χ3n) is 5.72. The molecular weight excluding hydrogens is 372 g/mol. The fourth-order valence-electron chi connectivity index (χ4n) is 3.98. The SMILES string of the molecule is Cc1ccc(OC[C@H]2O[C@H](c3ccc(C)cc3C)C[C@@H]2Oc2ccc(C)cc2)cc1. The summed E-state index contributed by atoms with van der Waals surface area (Å²) in [4.78, 5) is 0. The van der Waals surface area contributed by atoms with Crippen LogP contribution < -0.4 is 9.47 Å². The fourth-order valence-corrected chi connectivity index (χ4v) is 3.98. The van der Waals surface area contributed by atoms with Gasteiger partial charge in [0.1, 0.15) is 30.3 Å². The molecule has 1 aliphatic heterocycles. The second-order valence-electron chi connectivity index (χ2n) is 8.35. The van der Waals surface area contributed by atoms with E-state index in [-0.39, 0.29) is 18.3 Å². The van der Waals surface area contributed by atoms with Gasteiger partial charge in [0.25, 0.3) is 0 Å². The first-order valence-electron chi connectivity index (χ1n) is 10.6. The third-order valence-corrected chi connectivity index (χ3v) is 5.72. The monoisotopic (exact) mass is 402 g/mol. The van der Waals surface area contributed by atoms with Crippen LogP contribution in [-0.4, -0.2) is 18.8 Å². The summed E-state index contributed by atoms with van der Waals surface area (Å²) in [5, 5.41) is 0. The minimum absolute atomic E-state index is 0.00710. The molecule has 30 heavy (non-hydrogen) atoms. The number of ether oxygens (including phenoxy) is 3. The zero-order valence-electron chi connectivity index (χ0n) is 18.2. The normalized spacial score (nSPS) is 20.9. The van der Waals surface area contributed by atoms with Crippen molar-refractivity contribution >= 4 is 0 Å². The molecule has 3 aromatic rings. The van der Waals surface area contributed by atoms with Gasteiger partial charge in [-0.1, -0.05) is 59.2 Å². The molecule has 3 atom stereocenters. The topological polar surface area (TPSA) is 27.7 Å². The quantitative estimate of drug-likeness (QED) is 0.486. The van der Waals surface area contributed by atoms with Crippen LogP contribution in [0.25, 0.3) is 0 Å². The maximum atomic E-state index is 6.47. The lowest BCUT2D eigenvalue weighted by molar-refractivity contribution is -0.0109. The first kappa shape index (κ1) is 20.5. The zero-order chi connectivity index (χ0) is 21.1. The smallest absolute Gasteiger partial charge is 0.131 e. The molecule has 0 bridgehead atoms. The van der Waals surface area contributed by atoms with Gasteiger partial charge in [-0.3, -0.25) is 0 Å². The fraction of sp³-hybridized carbons (Fsp3) is 0.333. The zero-order valence-corrected chi connectivity index (χ0v) is 18.2. The molecule has 0 aliphatic carbocycles. The van der Waals surface area contributed by atoms with Crippen LogP contribution in [-0.2, 0) is 4.74 Å². The van der Waals surface area contributed by atoms with E-state index in [1.54, 1.807) is 0 Å². The Bertz CT molecular complexity index is 976. The maximum Gasteiger partial charge on any atom is 0.131 e. The second-order valence-corrected chi connectivity index (χ2v) is 8.35. The van der Waals surface area contributed by atoms with Gasteiger partial charge in [-0.05, 0) is 63.1 Å². The molecule has 1 fully saturated rings. The molecule has 0 amide bonds. The van der Waals surface area contributed by atoms with Gasteiger partial charge in [-0.2, -0.15) is 0 Å².